The van der Waals surface area contributed by atoms with Crippen LogP contribution in [0, 0.1) is 5.41 Å². The number of benzene rings is 3. The Balaban J connectivity index is 1.54. The van der Waals surface area contributed by atoms with Gasteiger partial charge >= 0.3 is 0 Å². The molecule has 7 rings (SSSR count). The second-order valence-electron chi connectivity index (χ2n) is 10.0. The van der Waals surface area contributed by atoms with E-state index in [1.54, 1.807) is 43.5 Å². The van der Waals surface area contributed by atoms with Crippen molar-refractivity contribution in [1.82, 2.24) is 0 Å². The van der Waals surface area contributed by atoms with E-state index in [2.05, 4.69) is 0 Å². The summed E-state index contributed by atoms with van der Waals surface area (Å²) < 4.78 is 5.39. The highest BCUT2D eigenvalue weighted by atomic mass is 35.5. The molecule has 0 saturated carbocycles. The summed E-state index contributed by atoms with van der Waals surface area (Å²) in [6, 6.07) is 22.0. The normalized spacial score (nSPS) is 22.1. The van der Waals surface area contributed by atoms with E-state index in [0.29, 0.717) is 26.8 Å². The van der Waals surface area contributed by atoms with E-state index >= 15 is 0 Å². The van der Waals surface area contributed by atoms with Gasteiger partial charge in [0.1, 0.15) is 17.2 Å². The lowest BCUT2D eigenvalue weighted by Crippen LogP contribution is -2.48. The number of anilines is 1. The van der Waals surface area contributed by atoms with E-state index in [1.165, 1.54) is 11.3 Å². The maximum absolute atomic E-state index is 14.6. The number of hydrogen-bond acceptors (Lipinski definition) is 6. The molecule has 1 aromatic heterocycles. The molecule has 0 amide bonds. The van der Waals surface area contributed by atoms with Gasteiger partial charge in [0.15, 0.2) is 17.3 Å². The Bertz CT molecular complexity index is 1660. The topological polar surface area (TPSA) is 63.7 Å². The van der Waals surface area contributed by atoms with Gasteiger partial charge in [-0.05, 0) is 52.9 Å². The number of rotatable bonds is 4. The molecule has 4 aromatic rings. The van der Waals surface area contributed by atoms with E-state index in [-0.39, 0.29) is 17.3 Å². The van der Waals surface area contributed by atoms with Crippen molar-refractivity contribution in [3.8, 4) is 5.75 Å². The van der Waals surface area contributed by atoms with Crippen LogP contribution in [-0.4, -0.2) is 36.5 Å². The minimum atomic E-state index is -1.52. The largest absolute Gasteiger partial charge is 0.497 e. The molecule has 0 N–H and O–H groups in total. The van der Waals surface area contributed by atoms with Crippen LogP contribution in [0.15, 0.2) is 90.3 Å². The summed E-state index contributed by atoms with van der Waals surface area (Å²) in [5, 5.41) is 2.43. The van der Waals surface area contributed by atoms with Gasteiger partial charge in [0.2, 0.25) is 0 Å². The molecule has 3 aromatic carbocycles. The number of carbonyl (C=O) groups excluding carboxylic acids is 3. The van der Waals surface area contributed by atoms with Crippen LogP contribution in [0.5, 0.6) is 5.75 Å². The molecule has 2 aliphatic heterocycles. The standard InChI is InChI=1S/C32H22ClNO4S/c1-38-21-12-8-18(9-13-21)27-28(29(35)25-7-4-16-39-25)34-24-14-11-20(33)17-19(24)10-15-26(34)32(27)30(36)22-5-2-3-6-23(22)31(32)37/h2-17,26-28H,1H3/t26-,27+,28-/m1/s1. The first-order valence-corrected chi connectivity index (χ1v) is 13.9. The van der Waals surface area contributed by atoms with E-state index in [1.807, 2.05) is 64.9 Å². The van der Waals surface area contributed by atoms with Crippen molar-refractivity contribution in [3.05, 3.63) is 122 Å². The number of fused-ring (bicyclic) bond motifs is 5. The van der Waals surface area contributed by atoms with Crippen molar-refractivity contribution >= 4 is 52.1 Å². The first-order chi connectivity index (χ1) is 19.0. The van der Waals surface area contributed by atoms with Gasteiger partial charge in [0.05, 0.1) is 18.0 Å². The van der Waals surface area contributed by atoms with Gasteiger partial charge in [-0.3, -0.25) is 14.4 Å². The number of ether oxygens (including phenoxy) is 1. The Hall–Kier alpha value is -4.00. The van der Waals surface area contributed by atoms with Crippen LogP contribution in [0.1, 0.15) is 47.4 Å². The summed E-state index contributed by atoms with van der Waals surface area (Å²) in [6.07, 6.45) is 3.81. The average Bonchev–Trinajstić information content (AvgIpc) is 3.66. The minimum Gasteiger partial charge on any atom is -0.497 e. The molecule has 1 spiro atoms. The fourth-order valence-electron chi connectivity index (χ4n) is 6.70. The summed E-state index contributed by atoms with van der Waals surface area (Å²) in [7, 11) is 1.59. The van der Waals surface area contributed by atoms with Crippen molar-refractivity contribution in [3.63, 3.8) is 0 Å². The third-order valence-electron chi connectivity index (χ3n) is 8.27. The zero-order chi connectivity index (χ0) is 26.9. The van der Waals surface area contributed by atoms with Crippen molar-refractivity contribution in [2.75, 3.05) is 12.0 Å². The zero-order valence-corrected chi connectivity index (χ0v) is 22.4. The quantitative estimate of drug-likeness (QED) is 0.208. The number of nitrogens with zero attached hydrogens (tertiary/aromatic N) is 1. The van der Waals surface area contributed by atoms with Crippen LogP contribution in [0.3, 0.4) is 0 Å². The maximum Gasteiger partial charge on any atom is 0.195 e. The lowest BCUT2D eigenvalue weighted by Gasteiger charge is -2.37. The molecule has 5 nitrogen and oxygen atoms in total. The number of methoxy groups -OCH3 is 1. The van der Waals surface area contributed by atoms with Gasteiger partial charge in [-0.25, -0.2) is 0 Å². The molecule has 7 heteroatoms. The van der Waals surface area contributed by atoms with E-state index in [4.69, 9.17) is 16.3 Å². The summed E-state index contributed by atoms with van der Waals surface area (Å²) in [6.45, 7) is 0. The summed E-state index contributed by atoms with van der Waals surface area (Å²) in [4.78, 5) is 46.2. The highest BCUT2D eigenvalue weighted by Crippen LogP contribution is 2.61. The lowest BCUT2D eigenvalue weighted by molar-refractivity contribution is 0.0666. The number of Topliss-reactive ketones (excluding diaryl/α,β-unsaturated/α-hetero) is 3. The molecule has 192 valence electrons. The highest BCUT2D eigenvalue weighted by Gasteiger charge is 2.71. The number of halogens is 1. The second kappa shape index (κ2) is 8.76. The third-order valence-corrected chi connectivity index (χ3v) is 9.39. The molecule has 3 heterocycles. The van der Waals surface area contributed by atoms with Crippen LogP contribution >= 0.6 is 22.9 Å². The monoisotopic (exact) mass is 551 g/mol. The lowest BCUT2D eigenvalue weighted by atomic mass is 9.64. The van der Waals surface area contributed by atoms with Crippen molar-refractivity contribution < 1.29 is 19.1 Å². The number of hydrogen-bond donors (Lipinski definition) is 0. The van der Waals surface area contributed by atoms with Crippen molar-refractivity contribution in [1.29, 1.82) is 0 Å². The minimum absolute atomic E-state index is 0.125. The van der Waals surface area contributed by atoms with Crippen LogP contribution in [0.4, 0.5) is 5.69 Å². The molecule has 39 heavy (non-hydrogen) atoms. The molecule has 0 radical (unpaired) electrons. The predicted molar refractivity (Wildman–Crippen MR) is 152 cm³/mol. The fraction of sp³-hybridized carbons (Fsp3) is 0.156. The first kappa shape index (κ1) is 24.1. The van der Waals surface area contributed by atoms with Crippen LogP contribution in [0.25, 0.3) is 6.08 Å². The summed E-state index contributed by atoms with van der Waals surface area (Å²) >= 11 is 7.70. The van der Waals surface area contributed by atoms with Gasteiger partial charge in [0.25, 0.3) is 0 Å². The number of carbonyl (C=O) groups is 3. The van der Waals surface area contributed by atoms with Gasteiger partial charge < -0.3 is 9.64 Å². The predicted octanol–water partition coefficient (Wildman–Crippen LogP) is 6.73. The molecule has 1 saturated heterocycles. The van der Waals surface area contributed by atoms with Crippen molar-refractivity contribution in [2.45, 2.75) is 18.0 Å². The molecule has 0 unspecified atom stereocenters. The molecular weight excluding hydrogens is 530 g/mol. The van der Waals surface area contributed by atoms with Gasteiger partial charge in [-0.15, -0.1) is 11.3 Å². The molecule has 1 aliphatic carbocycles. The fourth-order valence-corrected chi connectivity index (χ4v) is 7.57. The Morgan fingerprint density at radius 1 is 0.949 bits per heavy atom. The van der Waals surface area contributed by atoms with Gasteiger partial charge in [0, 0.05) is 27.8 Å². The van der Waals surface area contributed by atoms with E-state index in [9.17, 15) is 14.4 Å². The molecule has 3 aliphatic rings. The Kier molecular flexibility index (Phi) is 5.41. The van der Waals surface area contributed by atoms with E-state index < -0.39 is 23.4 Å². The average molecular weight is 552 g/mol. The Labute approximate surface area is 234 Å². The molecule has 1 fully saturated rings. The smallest absolute Gasteiger partial charge is 0.195 e. The van der Waals surface area contributed by atoms with Gasteiger partial charge in [-0.1, -0.05) is 66.2 Å². The van der Waals surface area contributed by atoms with Crippen molar-refractivity contribution in [2.24, 2.45) is 5.41 Å². The zero-order valence-electron chi connectivity index (χ0n) is 20.8. The number of thiophene rings is 1. The third kappa shape index (κ3) is 3.22. The summed E-state index contributed by atoms with van der Waals surface area (Å²) in [5.41, 5.74) is 1.63. The van der Waals surface area contributed by atoms with Gasteiger partial charge in [-0.2, -0.15) is 0 Å². The highest BCUT2D eigenvalue weighted by molar-refractivity contribution is 7.12. The maximum atomic E-state index is 14.6. The summed E-state index contributed by atoms with van der Waals surface area (Å²) in [5.74, 6) is -0.719. The van der Waals surface area contributed by atoms with E-state index in [0.717, 1.165) is 16.8 Å². The first-order valence-electron chi connectivity index (χ1n) is 12.6. The van der Waals surface area contributed by atoms with Crippen LogP contribution in [-0.2, 0) is 0 Å². The number of ketones is 3. The molecular formula is C32H22ClNO4S. The molecule has 0 bridgehead atoms. The Morgan fingerprint density at radius 3 is 2.31 bits per heavy atom. The van der Waals surface area contributed by atoms with Crippen LogP contribution < -0.4 is 9.64 Å². The second-order valence-corrected chi connectivity index (χ2v) is 11.4. The molecule has 3 atom stereocenters. The Morgan fingerprint density at radius 2 is 1.67 bits per heavy atom. The van der Waals surface area contributed by atoms with Crippen LogP contribution in [0.2, 0.25) is 5.02 Å². The SMILES string of the molecule is COc1ccc([C@H]2[C@H](C(=O)c3cccs3)N3c4ccc(Cl)cc4C=C[C@@H]3C23C(=O)c2ccccc2C3=O)cc1.